The Morgan fingerprint density at radius 2 is 1.84 bits per heavy atom. The normalized spacial score (nSPS) is 19.8. The summed E-state index contributed by atoms with van der Waals surface area (Å²) in [6.07, 6.45) is 3.18. The van der Waals surface area contributed by atoms with Crippen LogP contribution in [0.5, 0.6) is 0 Å². The number of hydrogen-bond donors (Lipinski definition) is 3. The van der Waals surface area contributed by atoms with Crippen LogP contribution >= 0.6 is 0 Å². The second-order valence-corrected chi connectivity index (χ2v) is 10.0. The molecule has 1 aromatic heterocycles. The summed E-state index contributed by atoms with van der Waals surface area (Å²) in [5.74, 6) is 0.590. The number of fused-ring (bicyclic) bond motifs is 1. The van der Waals surface area contributed by atoms with E-state index in [1.165, 1.54) is 0 Å². The molecule has 4 N–H and O–H groups in total. The summed E-state index contributed by atoms with van der Waals surface area (Å²) < 4.78 is 27.8. The van der Waals surface area contributed by atoms with Crippen LogP contribution in [0, 0.1) is 5.92 Å². The van der Waals surface area contributed by atoms with Crippen molar-refractivity contribution >= 4 is 21.7 Å². The van der Waals surface area contributed by atoms with Crippen molar-refractivity contribution in [2.45, 2.75) is 30.7 Å². The first-order valence-corrected chi connectivity index (χ1v) is 12.0. The molecular weight excluding hydrogens is 426 g/mol. The minimum atomic E-state index is -3.54. The van der Waals surface area contributed by atoms with Gasteiger partial charge < -0.3 is 11.1 Å². The molecule has 2 aliphatic rings. The number of nitrogens with one attached hydrogen (secondary N) is 2. The van der Waals surface area contributed by atoms with E-state index in [0.29, 0.717) is 29.4 Å². The van der Waals surface area contributed by atoms with E-state index in [2.05, 4.69) is 20.0 Å². The average Bonchev–Trinajstić information content (AvgIpc) is 3.47. The maximum atomic E-state index is 12.5. The van der Waals surface area contributed by atoms with Crippen LogP contribution in [0.25, 0.3) is 22.5 Å². The molecule has 2 heterocycles. The van der Waals surface area contributed by atoms with E-state index >= 15 is 0 Å². The number of amides is 1. The molecule has 0 spiro atoms. The monoisotopic (exact) mass is 449 g/mol. The summed E-state index contributed by atoms with van der Waals surface area (Å²) in [4.78, 5) is 21.2. The van der Waals surface area contributed by atoms with Crippen LogP contribution in [0.2, 0.25) is 0 Å². The summed E-state index contributed by atoms with van der Waals surface area (Å²) in [5, 5.41) is 2.83. The van der Waals surface area contributed by atoms with Crippen LogP contribution < -0.4 is 15.8 Å². The molecule has 2 atom stereocenters. The summed E-state index contributed by atoms with van der Waals surface area (Å²) in [5.41, 5.74) is 10.3. The molecule has 5 rings (SSSR count). The Bertz CT molecular complexity index is 1320. The third-order valence-electron chi connectivity index (χ3n) is 5.98. The van der Waals surface area contributed by atoms with E-state index in [1.807, 2.05) is 19.1 Å². The highest BCUT2D eigenvalue weighted by Crippen LogP contribution is 2.32. The second kappa shape index (κ2) is 7.68. The number of nitrogens with zero attached hydrogens (tertiary/aromatic N) is 2. The second-order valence-electron chi connectivity index (χ2n) is 8.33. The zero-order valence-electron chi connectivity index (χ0n) is 17.5. The van der Waals surface area contributed by atoms with Crippen molar-refractivity contribution in [1.29, 1.82) is 0 Å². The highest BCUT2D eigenvalue weighted by atomic mass is 32.2. The van der Waals surface area contributed by atoms with Gasteiger partial charge in [-0.1, -0.05) is 25.1 Å². The third-order valence-corrected chi connectivity index (χ3v) is 7.49. The Labute approximate surface area is 186 Å². The molecule has 1 fully saturated rings. The van der Waals surface area contributed by atoms with Gasteiger partial charge in [-0.2, -0.15) is 0 Å². The highest BCUT2D eigenvalue weighted by Gasteiger charge is 2.36. The predicted octanol–water partition coefficient (Wildman–Crippen LogP) is 2.37. The van der Waals surface area contributed by atoms with Gasteiger partial charge in [0.25, 0.3) is 5.91 Å². The van der Waals surface area contributed by atoms with Gasteiger partial charge in [0.15, 0.2) is 0 Å². The summed E-state index contributed by atoms with van der Waals surface area (Å²) >= 11 is 0. The van der Waals surface area contributed by atoms with Gasteiger partial charge >= 0.3 is 0 Å². The minimum absolute atomic E-state index is 0.0212. The number of benzene rings is 2. The molecule has 164 valence electrons. The van der Waals surface area contributed by atoms with E-state index in [0.717, 1.165) is 29.5 Å². The fraction of sp³-hybridized carbons (Fsp3) is 0.261. The van der Waals surface area contributed by atoms with Crippen LogP contribution in [0.15, 0.2) is 53.6 Å². The zero-order valence-corrected chi connectivity index (χ0v) is 18.3. The van der Waals surface area contributed by atoms with Crippen molar-refractivity contribution in [2.75, 3.05) is 12.3 Å². The van der Waals surface area contributed by atoms with Crippen molar-refractivity contribution in [3.63, 3.8) is 0 Å². The van der Waals surface area contributed by atoms with Crippen LogP contribution in [-0.2, 0) is 16.4 Å². The predicted molar refractivity (Wildman–Crippen MR) is 121 cm³/mol. The molecule has 0 unspecified atom stereocenters. The average molecular weight is 450 g/mol. The number of hydrogen-bond acceptors (Lipinski definition) is 6. The SMILES string of the molecule is C[C@@H]1C[C@H]1NS(=O)(=O)c1ccc(-c2cnc(N)c(-c3ccc4c(c3)CCNC4=O)n2)cc1. The lowest BCUT2D eigenvalue weighted by Crippen LogP contribution is -2.31. The van der Waals surface area contributed by atoms with Gasteiger partial charge in [-0.25, -0.2) is 23.1 Å². The molecule has 8 nitrogen and oxygen atoms in total. The molecule has 1 amide bonds. The molecule has 0 radical (unpaired) electrons. The largest absolute Gasteiger partial charge is 0.382 e. The molecule has 0 saturated heterocycles. The van der Waals surface area contributed by atoms with Crippen molar-refractivity contribution in [3.8, 4) is 22.5 Å². The van der Waals surface area contributed by atoms with Gasteiger partial charge in [-0.05, 0) is 48.6 Å². The standard InChI is InChI=1S/C23H23N5O3S/c1-13-10-19(13)28-32(30,31)17-5-2-14(3-6-17)20-12-26-22(24)21(27-20)16-4-7-18-15(11-16)8-9-25-23(18)29/h2-7,11-13,19,28H,8-10H2,1H3,(H2,24,26)(H,25,29)/t13-,19-/m1/s1. The van der Waals surface area contributed by atoms with Gasteiger partial charge in [0, 0.05) is 29.3 Å². The lowest BCUT2D eigenvalue weighted by Gasteiger charge is -2.17. The van der Waals surface area contributed by atoms with Gasteiger partial charge in [-0.15, -0.1) is 0 Å². The number of carbonyl (C=O) groups is 1. The van der Waals surface area contributed by atoms with Gasteiger partial charge in [0.2, 0.25) is 10.0 Å². The minimum Gasteiger partial charge on any atom is -0.382 e. The van der Waals surface area contributed by atoms with Crippen LogP contribution in [0.1, 0.15) is 29.3 Å². The quantitative estimate of drug-likeness (QED) is 0.549. The first-order valence-electron chi connectivity index (χ1n) is 10.5. The van der Waals surface area contributed by atoms with Crippen LogP contribution in [0.3, 0.4) is 0 Å². The number of anilines is 1. The first-order chi connectivity index (χ1) is 15.3. The maximum absolute atomic E-state index is 12.5. The molecule has 1 aliphatic heterocycles. The molecule has 1 aliphatic carbocycles. The number of nitrogen functional groups attached to an aromatic ring is 1. The molecule has 32 heavy (non-hydrogen) atoms. The van der Waals surface area contributed by atoms with Gasteiger partial charge in [0.05, 0.1) is 16.8 Å². The van der Waals surface area contributed by atoms with Crippen molar-refractivity contribution in [2.24, 2.45) is 5.92 Å². The number of aromatic nitrogens is 2. The van der Waals surface area contributed by atoms with E-state index < -0.39 is 10.0 Å². The fourth-order valence-electron chi connectivity index (χ4n) is 3.88. The van der Waals surface area contributed by atoms with Crippen LogP contribution in [0.4, 0.5) is 5.82 Å². The zero-order chi connectivity index (χ0) is 22.5. The fourth-order valence-corrected chi connectivity index (χ4v) is 5.24. The van der Waals surface area contributed by atoms with E-state index in [-0.39, 0.29) is 22.7 Å². The summed E-state index contributed by atoms with van der Waals surface area (Å²) in [7, 11) is -3.54. The number of sulfonamides is 1. The summed E-state index contributed by atoms with van der Waals surface area (Å²) in [6.45, 7) is 2.62. The van der Waals surface area contributed by atoms with Crippen molar-refractivity contribution < 1.29 is 13.2 Å². The Balaban J connectivity index is 1.45. The van der Waals surface area contributed by atoms with Crippen molar-refractivity contribution in [3.05, 3.63) is 59.8 Å². The summed E-state index contributed by atoms with van der Waals surface area (Å²) in [6, 6.07) is 12.1. The Kier molecular flexibility index (Phi) is 4.94. The topological polar surface area (TPSA) is 127 Å². The molecular formula is C23H23N5O3S. The van der Waals surface area contributed by atoms with Gasteiger partial charge in [-0.3, -0.25) is 4.79 Å². The van der Waals surface area contributed by atoms with Gasteiger partial charge in [0.1, 0.15) is 11.5 Å². The lowest BCUT2D eigenvalue weighted by atomic mass is 9.96. The Morgan fingerprint density at radius 1 is 1.12 bits per heavy atom. The number of carbonyl (C=O) groups excluding carboxylic acids is 1. The smallest absolute Gasteiger partial charge is 0.251 e. The highest BCUT2D eigenvalue weighted by molar-refractivity contribution is 7.89. The first kappa shape index (κ1) is 20.6. The molecule has 2 aromatic carbocycles. The Morgan fingerprint density at radius 3 is 2.56 bits per heavy atom. The number of nitrogens with two attached hydrogens (primary N) is 1. The van der Waals surface area contributed by atoms with Crippen molar-refractivity contribution in [1.82, 2.24) is 20.0 Å². The van der Waals surface area contributed by atoms with E-state index in [4.69, 9.17) is 5.73 Å². The van der Waals surface area contributed by atoms with E-state index in [9.17, 15) is 13.2 Å². The third kappa shape index (κ3) is 3.85. The molecule has 3 aromatic rings. The molecule has 0 bridgehead atoms. The van der Waals surface area contributed by atoms with Crippen LogP contribution in [-0.4, -0.2) is 36.9 Å². The lowest BCUT2D eigenvalue weighted by molar-refractivity contribution is 0.0946. The maximum Gasteiger partial charge on any atom is 0.251 e. The number of rotatable bonds is 5. The molecule has 9 heteroatoms. The Hall–Kier alpha value is -3.30. The van der Waals surface area contributed by atoms with E-state index in [1.54, 1.807) is 36.5 Å². The molecule has 1 saturated carbocycles.